The van der Waals surface area contributed by atoms with Gasteiger partial charge in [-0.25, -0.2) is 0 Å². The molecule has 0 aliphatic rings. The molecule has 0 spiro atoms. The summed E-state index contributed by atoms with van der Waals surface area (Å²) in [5, 5.41) is 12.0. The zero-order valence-corrected chi connectivity index (χ0v) is 11.0. The first-order chi connectivity index (χ1) is 8.49. The third kappa shape index (κ3) is 5.19. The predicted molar refractivity (Wildman–Crippen MR) is 72.3 cm³/mol. The van der Waals surface area contributed by atoms with E-state index in [0.29, 0.717) is 18.9 Å². The van der Waals surface area contributed by atoms with Gasteiger partial charge >= 0.3 is 0 Å². The summed E-state index contributed by atoms with van der Waals surface area (Å²) in [6.45, 7) is 4.66. The molecule has 1 rings (SSSR count). The molecule has 0 aliphatic carbocycles. The van der Waals surface area contributed by atoms with Crippen LogP contribution in [0, 0.1) is 5.92 Å². The van der Waals surface area contributed by atoms with Crippen LogP contribution in [0.5, 0.6) is 5.75 Å². The van der Waals surface area contributed by atoms with Gasteiger partial charge in [-0.3, -0.25) is 4.79 Å². The number of carbonyl (C=O) groups is 1. The fourth-order valence-corrected chi connectivity index (χ4v) is 1.74. The number of nitrogens with two attached hydrogens (primary N) is 1. The lowest BCUT2D eigenvalue weighted by Crippen LogP contribution is -2.42. The van der Waals surface area contributed by atoms with Crippen LogP contribution < -0.4 is 11.1 Å². The first-order valence-corrected chi connectivity index (χ1v) is 6.30. The number of amides is 1. The van der Waals surface area contributed by atoms with Crippen molar-refractivity contribution in [1.29, 1.82) is 0 Å². The summed E-state index contributed by atoms with van der Waals surface area (Å²) in [5.74, 6) is 0.576. The van der Waals surface area contributed by atoms with E-state index in [-0.39, 0.29) is 11.7 Å². The Morgan fingerprint density at radius 3 is 2.50 bits per heavy atom. The van der Waals surface area contributed by atoms with Crippen molar-refractivity contribution in [2.75, 3.05) is 6.54 Å². The molecule has 4 N–H and O–H groups in total. The van der Waals surface area contributed by atoms with Gasteiger partial charge in [-0.1, -0.05) is 26.0 Å². The van der Waals surface area contributed by atoms with Crippen LogP contribution >= 0.6 is 0 Å². The van der Waals surface area contributed by atoms with Crippen LogP contribution in [0.1, 0.15) is 25.8 Å². The van der Waals surface area contributed by atoms with E-state index in [1.807, 2.05) is 26.0 Å². The maximum Gasteiger partial charge on any atom is 0.236 e. The van der Waals surface area contributed by atoms with Crippen molar-refractivity contribution >= 4 is 5.91 Å². The van der Waals surface area contributed by atoms with Crippen LogP contribution in [0.4, 0.5) is 0 Å². The maximum absolute atomic E-state index is 11.6. The highest BCUT2D eigenvalue weighted by Gasteiger charge is 2.13. The largest absolute Gasteiger partial charge is 0.508 e. The van der Waals surface area contributed by atoms with Gasteiger partial charge in [0.15, 0.2) is 0 Å². The number of hydrogen-bond donors (Lipinski definition) is 3. The lowest BCUT2D eigenvalue weighted by atomic mass is 10.0. The number of carbonyl (C=O) groups excluding carboxylic acids is 1. The van der Waals surface area contributed by atoms with Gasteiger partial charge in [-0.2, -0.15) is 0 Å². The first-order valence-electron chi connectivity index (χ1n) is 6.30. The summed E-state index contributed by atoms with van der Waals surface area (Å²) in [5.41, 5.74) is 6.85. The van der Waals surface area contributed by atoms with Crippen LogP contribution in [-0.2, 0) is 11.2 Å². The van der Waals surface area contributed by atoms with E-state index in [1.165, 1.54) is 0 Å². The third-order valence-electron chi connectivity index (χ3n) is 2.71. The quantitative estimate of drug-likeness (QED) is 0.715. The molecule has 1 amide bonds. The van der Waals surface area contributed by atoms with Crippen molar-refractivity contribution in [1.82, 2.24) is 5.32 Å². The van der Waals surface area contributed by atoms with E-state index in [4.69, 9.17) is 10.8 Å². The Kier molecular flexibility index (Phi) is 5.65. The van der Waals surface area contributed by atoms with Crippen LogP contribution in [0.25, 0.3) is 0 Å². The standard InChI is InChI=1S/C14H22N2O2/c1-10(2)9-13(15)14(18)16-8-7-11-3-5-12(17)6-4-11/h3-6,10,13,17H,7-9,15H2,1-2H3,(H,16,18)/t13-/m1/s1. The molecule has 0 fully saturated rings. The number of hydrogen-bond acceptors (Lipinski definition) is 3. The van der Waals surface area contributed by atoms with Crippen LogP contribution in [0.3, 0.4) is 0 Å². The van der Waals surface area contributed by atoms with Crippen molar-refractivity contribution in [3.8, 4) is 5.75 Å². The molecule has 4 nitrogen and oxygen atoms in total. The molecule has 0 aromatic heterocycles. The summed E-state index contributed by atoms with van der Waals surface area (Å²) in [6.07, 6.45) is 1.44. The van der Waals surface area contributed by atoms with E-state index in [9.17, 15) is 4.79 Å². The van der Waals surface area contributed by atoms with Gasteiger partial charge in [-0.05, 0) is 36.5 Å². The van der Waals surface area contributed by atoms with Crippen LogP contribution in [-0.4, -0.2) is 23.6 Å². The van der Waals surface area contributed by atoms with E-state index >= 15 is 0 Å². The van der Waals surface area contributed by atoms with Crippen molar-refractivity contribution in [3.63, 3.8) is 0 Å². The average Bonchev–Trinajstić information content (AvgIpc) is 2.30. The Balaban J connectivity index is 2.29. The van der Waals surface area contributed by atoms with Gasteiger partial charge in [0.1, 0.15) is 5.75 Å². The van der Waals surface area contributed by atoms with Crippen molar-refractivity contribution in [2.45, 2.75) is 32.7 Å². The molecular weight excluding hydrogens is 228 g/mol. The number of benzene rings is 1. The Morgan fingerprint density at radius 1 is 1.33 bits per heavy atom. The van der Waals surface area contributed by atoms with Gasteiger partial charge in [-0.15, -0.1) is 0 Å². The fraction of sp³-hybridized carbons (Fsp3) is 0.500. The molecule has 1 aromatic carbocycles. The minimum absolute atomic E-state index is 0.0949. The van der Waals surface area contributed by atoms with Crippen LogP contribution in [0.15, 0.2) is 24.3 Å². The summed E-state index contributed by atoms with van der Waals surface area (Å²) in [7, 11) is 0. The molecular formula is C14H22N2O2. The third-order valence-corrected chi connectivity index (χ3v) is 2.71. The molecule has 0 saturated carbocycles. The molecule has 0 heterocycles. The smallest absolute Gasteiger partial charge is 0.236 e. The normalized spacial score (nSPS) is 12.4. The minimum Gasteiger partial charge on any atom is -0.508 e. The molecule has 100 valence electrons. The molecule has 4 heteroatoms. The highest BCUT2D eigenvalue weighted by atomic mass is 16.3. The van der Waals surface area contributed by atoms with E-state index in [0.717, 1.165) is 12.0 Å². The van der Waals surface area contributed by atoms with E-state index in [1.54, 1.807) is 12.1 Å². The number of phenols is 1. The summed E-state index contributed by atoms with van der Waals surface area (Å²) >= 11 is 0. The molecule has 0 bridgehead atoms. The maximum atomic E-state index is 11.6. The molecule has 0 aliphatic heterocycles. The Bertz CT molecular complexity index is 374. The SMILES string of the molecule is CC(C)C[C@@H](N)C(=O)NCCc1ccc(O)cc1. The lowest BCUT2D eigenvalue weighted by molar-refractivity contribution is -0.122. The zero-order valence-electron chi connectivity index (χ0n) is 11.0. The Morgan fingerprint density at radius 2 is 1.94 bits per heavy atom. The van der Waals surface area contributed by atoms with Gasteiger partial charge in [0.05, 0.1) is 6.04 Å². The number of phenolic OH excluding ortho intramolecular Hbond substituents is 1. The number of nitrogens with one attached hydrogen (secondary N) is 1. The zero-order chi connectivity index (χ0) is 13.5. The van der Waals surface area contributed by atoms with Gasteiger partial charge < -0.3 is 16.2 Å². The van der Waals surface area contributed by atoms with E-state index < -0.39 is 6.04 Å². The first kappa shape index (κ1) is 14.5. The number of rotatable bonds is 6. The Labute approximate surface area is 108 Å². The lowest BCUT2D eigenvalue weighted by Gasteiger charge is -2.14. The second-order valence-electron chi connectivity index (χ2n) is 4.94. The van der Waals surface area contributed by atoms with Gasteiger partial charge in [0, 0.05) is 6.54 Å². The number of aromatic hydroxyl groups is 1. The van der Waals surface area contributed by atoms with Crippen LogP contribution in [0.2, 0.25) is 0 Å². The molecule has 1 aromatic rings. The Hall–Kier alpha value is -1.55. The molecule has 0 radical (unpaired) electrons. The average molecular weight is 250 g/mol. The minimum atomic E-state index is -0.426. The summed E-state index contributed by atoms with van der Waals surface area (Å²) in [4.78, 5) is 11.6. The second kappa shape index (κ2) is 7.01. The molecule has 0 unspecified atom stereocenters. The molecule has 18 heavy (non-hydrogen) atoms. The van der Waals surface area contributed by atoms with E-state index in [2.05, 4.69) is 5.32 Å². The molecule has 1 atom stereocenters. The van der Waals surface area contributed by atoms with Crippen molar-refractivity contribution < 1.29 is 9.90 Å². The van der Waals surface area contributed by atoms with Gasteiger partial charge in [0.25, 0.3) is 0 Å². The monoisotopic (exact) mass is 250 g/mol. The summed E-state index contributed by atoms with van der Waals surface area (Å²) in [6, 6.07) is 6.54. The predicted octanol–water partition coefficient (Wildman–Crippen LogP) is 1.42. The topological polar surface area (TPSA) is 75.4 Å². The summed E-state index contributed by atoms with van der Waals surface area (Å²) < 4.78 is 0. The van der Waals surface area contributed by atoms with Gasteiger partial charge in [0.2, 0.25) is 5.91 Å². The fourth-order valence-electron chi connectivity index (χ4n) is 1.74. The second-order valence-corrected chi connectivity index (χ2v) is 4.94. The van der Waals surface area contributed by atoms with Crippen molar-refractivity contribution in [2.24, 2.45) is 11.7 Å². The highest BCUT2D eigenvalue weighted by molar-refractivity contribution is 5.81. The highest BCUT2D eigenvalue weighted by Crippen LogP contribution is 2.09. The molecule has 0 saturated heterocycles. The van der Waals surface area contributed by atoms with Crippen molar-refractivity contribution in [3.05, 3.63) is 29.8 Å².